The van der Waals surface area contributed by atoms with Gasteiger partial charge >= 0.3 is 11.8 Å². The molecule has 11 nitrogen and oxygen atoms in total. The molecule has 1 unspecified atom stereocenters. The Bertz CT molecular complexity index is 1800. The summed E-state index contributed by atoms with van der Waals surface area (Å²) in [5.41, 5.74) is 4.10. The Kier molecular flexibility index (Phi) is 10.6. The molecule has 0 radical (unpaired) electrons. The second-order valence-corrected chi connectivity index (χ2v) is 12.6. The molecular weight excluding hydrogens is 619 g/mol. The zero-order valence-electron chi connectivity index (χ0n) is 26.0. The maximum Gasteiger partial charge on any atom is 0.410 e. The van der Waals surface area contributed by atoms with Gasteiger partial charge in [0.05, 0.1) is 11.1 Å². The summed E-state index contributed by atoms with van der Waals surface area (Å²) >= 11 is 12.8. The molecule has 1 aliphatic rings. The maximum atomic E-state index is 14.0. The molecule has 4 aromatic rings. The third kappa shape index (κ3) is 7.16. The molecule has 240 valence electrons. The predicted octanol–water partition coefficient (Wildman–Crippen LogP) is 5.30. The van der Waals surface area contributed by atoms with E-state index in [0.717, 1.165) is 4.57 Å². The molecule has 0 aliphatic carbocycles. The average Bonchev–Trinajstić information content (AvgIpc) is 3.41. The number of nitrogens with zero attached hydrogens (tertiary/aromatic N) is 5. The number of amides is 1. The van der Waals surface area contributed by atoms with Crippen molar-refractivity contribution in [3.8, 4) is 17.1 Å². The molecule has 45 heavy (non-hydrogen) atoms. The van der Waals surface area contributed by atoms with Crippen LogP contribution in [0.2, 0.25) is 10.0 Å². The molecule has 2 N–H and O–H groups in total. The van der Waals surface area contributed by atoms with E-state index in [1.165, 1.54) is 18.5 Å². The molecule has 2 aromatic heterocycles. The van der Waals surface area contributed by atoms with Gasteiger partial charge in [-0.15, -0.1) is 0 Å². The van der Waals surface area contributed by atoms with Crippen molar-refractivity contribution in [3.63, 3.8) is 0 Å². The average molecular weight is 658 g/mol. The van der Waals surface area contributed by atoms with Gasteiger partial charge in [0.2, 0.25) is 0 Å². The van der Waals surface area contributed by atoms with Crippen LogP contribution in [0, 0.1) is 5.92 Å². The molecule has 5 rings (SSSR count). The summed E-state index contributed by atoms with van der Waals surface area (Å²) in [6.45, 7) is 8.14. The third-order valence-electron chi connectivity index (χ3n) is 7.48. The first-order valence-corrected chi connectivity index (χ1v) is 15.4. The maximum absolute atomic E-state index is 14.0. The number of aromatic nitrogens is 4. The zero-order chi connectivity index (χ0) is 33.1. The number of carbonyl (C=O) groups is 2. The number of fused-ring (bicyclic) bond motifs is 1. The van der Waals surface area contributed by atoms with E-state index in [1.54, 1.807) is 51.9 Å². The summed E-state index contributed by atoms with van der Waals surface area (Å²) in [5, 5.41) is 0.923. The molecular formula is C32H38Cl2N6O5. The van der Waals surface area contributed by atoms with Crippen molar-refractivity contribution in [1.29, 1.82) is 0 Å². The normalized spacial score (nSPS) is 14.5. The van der Waals surface area contributed by atoms with Crippen LogP contribution < -0.4 is 17.0 Å². The molecule has 0 spiro atoms. The number of nitrogens with two attached hydrogens (primary N) is 1. The van der Waals surface area contributed by atoms with Crippen LogP contribution in [0.5, 0.6) is 0 Å². The molecule has 0 saturated carbocycles. The Morgan fingerprint density at radius 3 is 2.27 bits per heavy atom. The third-order valence-corrected chi connectivity index (χ3v) is 8.07. The second kappa shape index (κ2) is 14.0. The van der Waals surface area contributed by atoms with Crippen LogP contribution >= 0.6 is 23.2 Å². The van der Waals surface area contributed by atoms with E-state index in [-0.39, 0.29) is 29.7 Å². The lowest BCUT2D eigenvalue weighted by Gasteiger charge is -2.33. The zero-order valence-corrected chi connectivity index (χ0v) is 27.5. The van der Waals surface area contributed by atoms with Gasteiger partial charge < -0.3 is 20.2 Å². The SMILES string of the molecule is CC(C=O)n1c(=O)c2c(nc(-c3ccccc3Cl)n2-c2ccc(Cl)cc2)n(CC2CCN(C(=O)OC(C)(C)C)CC2)c1=O.CN. The van der Waals surface area contributed by atoms with E-state index in [2.05, 4.69) is 5.73 Å². The Morgan fingerprint density at radius 1 is 1.07 bits per heavy atom. The number of imidazole rings is 1. The number of ether oxygens (including phenoxy) is 1. The number of benzene rings is 2. The Balaban J connectivity index is 0.00000226. The molecule has 2 aromatic carbocycles. The van der Waals surface area contributed by atoms with Crippen LogP contribution in [-0.2, 0) is 16.1 Å². The first-order chi connectivity index (χ1) is 21.4. The minimum Gasteiger partial charge on any atom is -0.444 e. The molecule has 1 amide bonds. The fraction of sp³-hybridized carbons (Fsp3) is 0.406. The Hall–Kier alpha value is -3.93. The molecule has 13 heteroatoms. The summed E-state index contributed by atoms with van der Waals surface area (Å²) in [7, 11) is 1.50. The molecule has 0 bridgehead atoms. The Labute approximate surface area is 271 Å². The number of aldehydes is 1. The van der Waals surface area contributed by atoms with Crippen molar-refractivity contribution in [2.75, 3.05) is 20.1 Å². The van der Waals surface area contributed by atoms with Crippen molar-refractivity contribution in [3.05, 3.63) is 79.4 Å². The highest BCUT2D eigenvalue weighted by atomic mass is 35.5. The number of rotatable bonds is 6. The molecule has 1 aliphatic heterocycles. The quantitative estimate of drug-likeness (QED) is 0.278. The van der Waals surface area contributed by atoms with Gasteiger partial charge in [-0.2, -0.15) is 0 Å². The number of halogens is 2. The first-order valence-electron chi connectivity index (χ1n) is 14.7. The van der Waals surface area contributed by atoms with Crippen molar-refractivity contribution in [2.24, 2.45) is 11.7 Å². The number of hydrogen-bond donors (Lipinski definition) is 1. The highest BCUT2D eigenvalue weighted by molar-refractivity contribution is 6.33. The summed E-state index contributed by atoms with van der Waals surface area (Å²) in [6.07, 6.45) is 1.43. The standard InChI is InChI=1S/C31H33Cl2N5O5.CH5N/c1-19(18-39)37-28(40)25-27(36(29(37)41)17-20-13-15-35(16-14-20)30(42)43-31(2,3)4)34-26(23-7-5-6-8-24(23)33)38(25)22-11-9-21(32)10-12-22;1-2/h5-12,18-20H,13-17H2,1-4H3;2H2,1H3. The minimum atomic E-state index is -1.01. The van der Waals surface area contributed by atoms with Gasteiger partial charge in [0, 0.05) is 35.9 Å². The highest BCUT2D eigenvalue weighted by Gasteiger charge is 2.30. The fourth-order valence-electron chi connectivity index (χ4n) is 5.34. The van der Waals surface area contributed by atoms with Gasteiger partial charge in [-0.1, -0.05) is 35.3 Å². The smallest absolute Gasteiger partial charge is 0.410 e. The van der Waals surface area contributed by atoms with Crippen molar-refractivity contribution in [2.45, 2.75) is 58.7 Å². The first kappa shape index (κ1) is 34.0. The van der Waals surface area contributed by atoms with Crippen molar-refractivity contribution in [1.82, 2.24) is 23.6 Å². The van der Waals surface area contributed by atoms with Crippen LogP contribution in [0.1, 0.15) is 46.6 Å². The second-order valence-electron chi connectivity index (χ2n) is 11.8. The predicted molar refractivity (Wildman–Crippen MR) is 176 cm³/mol. The van der Waals surface area contributed by atoms with Gasteiger partial charge in [0.1, 0.15) is 17.7 Å². The van der Waals surface area contributed by atoms with Crippen LogP contribution in [0.3, 0.4) is 0 Å². The highest BCUT2D eigenvalue weighted by Crippen LogP contribution is 2.32. The molecule has 1 atom stereocenters. The lowest BCUT2D eigenvalue weighted by molar-refractivity contribution is -0.110. The lowest BCUT2D eigenvalue weighted by Crippen LogP contribution is -2.45. The van der Waals surface area contributed by atoms with E-state index >= 15 is 0 Å². The molecule has 1 fully saturated rings. The van der Waals surface area contributed by atoms with E-state index in [9.17, 15) is 19.2 Å². The van der Waals surface area contributed by atoms with Gasteiger partial charge in [-0.05, 0) is 89.9 Å². The summed E-state index contributed by atoms with van der Waals surface area (Å²) in [4.78, 5) is 59.0. The molecule has 3 heterocycles. The van der Waals surface area contributed by atoms with Gasteiger partial charge in [-0.25, -0.2) is 19.1 Å². The van der Waals surface area contributed by atoms with E-state index in [1.807, 2.05) is 26.8 Å². The summed E-state index contributed by atoms with van der Waals surface area (Å²) in [6, 6.07) is 13.0. The van der Waals surface area contributed by atoms with E-state index in [4.69, 9.17) is 32.9 Å². The number of hydrogen-bond acceptors (Lipinski definition) is 7. The van der Waals surface area contributed by atoms with Crippen molar-refractivity contribution < 1.29 is 14.3 Å². The van der Waals surface area contributed by atoms with E-state index in [0.29, 0.717) is 59.3 Å². The van der Waals surface area contributed by atoms with Crippen LogP contribution in [0.15, 0.2) is 58.1 Å². The molecule has 1 saturated heterocycles. The minimum absolute atomic E-state index is 0.00141. The largest absolute Gasteiger partial charge is 0.444 e. The number of likely N-dealkylation sites (tertiary alicyclic amines) is 1. The van der Waals surface area contributed by atoms with Crippen molar-refractivity contribution >= 4 is 46.7 Å². The van der Waals surface area contributed by atoms with E-state index < -0.39 is 22.9 Å². The fourth-order valence-corrected chi connectivity index (χ4v) is 5.69. The summed E-state index contributed by atoms with van der Waals surface area (Å²) in [5.74, 6) is 0.367. The number of carbonyl (C=O) groups excluding carboxylic acids is 2. The monoisotopic (exact) mass is 656 g/mol. The topological polar surface area (TPSA) is 134 Å². The van der Waals surface area contributed by atoms with Crippen LogP contribution in [0.4, 0.5) is 4.79 Å². The lowest BCUT2D eigenvalue weighted by atomic mass is 9.97. The Morgan fingerprint density at radius 2 is 1.69 bits per heavy atom. The van der Waals surface area contributed by atoms with Gasteiger partial charge in [-0.3, -0.25) is 13.9 Å². The van der Waals surface area contributed by atoms with Gasteiger partial charge in [0.15, 0.2) is 11.2 Å². The van der Waals surface area contributed by atoms with Crippen LogP contribution in [-0.4, -0.2) is 61.7 Å². The number of piperidine rings is 1. The summed E-state index contributed by atoms with van der Waals surface area (Å²) < 4.78 is 9.62. The van der Waals surface area contributed by atoms with Crippen LogP contribution in [0.25, 0.3) is 28.2 Å². The van der Waals surface area contributed by atoms with Gasteiger partial charge in [0.25, 0.3) is 5.56 Å².